The number of carbonyl (C=O) groups is 1. The van der Waals surface area contributed by atoms with Crippen LogP contribution in [-0.2, 0) is 11.2 Å². The lowest BCUT2D eigenvalue weighted by Gasteiger charge is -2.41. The molecule has 0 radical (unpaired) electrons. The molecule has 0 aromatic heterocycles. The first-order valence-corrected chi connectivity index (χ1v) is 5.94. The molecule has 3 rings (SSSR count). The number of nitrogens with zero attached hydrogens (tertiary/aromatic N) is 1. The zero-order valence-corrected chi connectivity index (χ0v) is 9.40. The minimum atomic E-state index is -0.730. The second kappa shape index (κ2) is 3.72. The summed E-state index contributed by atoms with van der Waals surface area (Å²) < 4.78 is 13.2. The molecule has 0 amide bonds. The van der Waals surface area contributed by atoms with Crippen molar-refractivity contribution in [2.75, 3.05) is 11.4 Å². The van der Waals surface area contributed by atoms with Crippen molar-refractivity contribution in [2.24, 2.45) is 5.92 Å². The number of hydrogen-bond donors (Lipinski definition) is 1. The molecular formula is C13H14FNO2. The number of carboxylic acid groups (broad SMARTS) is 1. The van der Waals surface area contributed by atoms with Crippen LogP contribution in [0.4, 0.5) is 10.1 Å². The third kappa shape index (κ3) is 1.59. The van der Waals surface area contributed by atoms with E-state index in [2.05, 4.69) is 4.90 Å². The van der Waals surface area contributed by atoms with Gasteiger partial charge in [-0.2, -0.15) is 0 Å². The quantitative estimate of drug-likeness (QED) is 0.852. The van der Waals surface area contributed by atoms with Crippen molar-refractivity contribution in [1.82, 2.24) is 0 Å². The summed E-state index contributed by atoms with van der Waals surface area (Å²) in [6.07, 6.45) is 2.52. The molecule has 17 heavy (non-hydrogen) atoms. The molecule has 1 heterocycles. The van der Waals surface area contributed by atoms with E-state index in [1.54, 1.807) is 6.07 Å². The van der Waals surface area contributed by atoms with Crippen LogP contribution in [-0.4, -0.2) is 23.7 Å². The summed E-state index contributed by atoms with van der Waals surface area (Å²) in [4.78, 5) is 13.1. The van der Waals surface area contributed by atoms with E-state index >= 15 is 0 Å². The molecule has 4 heteroatoms. The second-order valence-corrected chi connectivity index (χ2v) is 4.81. The van der Waals surface area contributed by atoms with Crippen molar-refractivity contribution in [3.63, 3.8) is 0 Å². The lowest BCUT2D eigenvalue weighted by atomic mass is 9.78. The Kier molecular flexibility index (Phi) is 2.31. The molecule has 1 saturated carbocycles. The molecule has 2 aliphatic rings. The minimum Gasteiger partial charge on any atom is -0.481 e. The monoisotopic (exact) mass is 235 g/mol. The van der Waals surface area contributed by atoms with Crippen molar-refractivity contribution in [3.05, 3.63) is 29.6 Å². The number of benzene rings is 1. The van der Waals surface area contributed by atoms with Gasteiger partial charge in [0.2, 0.25) is 0 Å². The number of halogens is 1. The van der Waals surface area contributed by atoms with Gasteiger partial charge in [0.1, 0.15) is 5.82 Å². The lowest BCUT2D eigenvalue weighted by Crippen LogP contribution is -2.49. The molecular weight excluding hydrogens is 221 g/mol. The number of rotatable bonds is 2. The molecule has 1 fully saturated rings. The Morgan fingerprint density at radius 1 is 1.41 bits per heavy atom. The largest absolute Gasteiger partial charge is 0.481 e. The molecule has 0 spiro atoms. The van der Waals surface area contributed by atoms with Crippen LogP contribution < -0.4 is 4.90 Å². The van der Waals surface area contributed by atoms with Crippen molar-refractivity contribution < 1.29 is 14.3 Å². The third-order valence-corrected chi connectivity index (χ3v) is 3.93. The molecule has 1 aromatic carbocycles. The van der Waals surface area contributed by atoms with Gasteiger partial charge in [0.25, 0.3) is 0 Å². The Bertz CT molecular complexity index is 474. The van der Waals surface area contributed by atoms with E-state index in [9.17, 15) is 9.18 Å². The molecule has 0 saturated heterocycles. The predicted molar refractivity (Wildman–Crippen MR) is 61.6 cm³/mol. The average Bonchev–Trinajstić information content (AvgIpc) is 2.59. The fourth-order valence-electron chi connectivity index (χ4n) is 2.87. The third-order valence-electron chi connectivity index (χ3n) is 3.93. The van der Waals surface area contributed by atoms with Crippen molar-refractivity contribution in [2.45, 2.75) is 25.3 Å². The number of aliphatic carboxylic acids is 1. The Hall–Kier alpha value is -1.58. The van der Waals surface area contributed by atoms with Crippen LogP contribution in [0.1, 0.15) is 18.4 Å². The second-order valence-electron chi connectivity index (χ2n) is 4.81. The minimum absolute atomic E-state index is 0.0514. The van der Waals surface area contributed by atoms with Gasteiger partial charge in [0.05, 0.1) is 5.92 Å². The molecule has 0 bridgehead atoms. The van der Waals surface area contributed by atoms with Crippen LogP contribution in [0.3, 0.4) is 0 Å². The van der Waals surface area contributed by atoms with E-state index < -0.39 is 5.97 Å². The first-order valence-electron chi connectivity index (χ1n) is 5.94. The fraction of sp³-hybridized carbons (Fsp3) is 0.462. The van der Waals surface area contributed by atoms with E-state index in [1.807, 2.05) is 0 Å². The number of hydrogen-bond acceptors (Lipinski definition) is 2. The van der Waals surface area contributed by atoms with Gasteiger partial charge in [-0.25, -0.2) is 4.39 Å². The Balaban J connectivity index is 1.88. The first-order chi connectivity index (χ1) is 8.16. The van der Waals surface area contributed by atoms with Gasteiger partial charge >= 0.3 is 5.97 Å². The van der Waals surface area contributed by atoms with Crippen LogP contribution in [0.5, 0.6) is 0 Å². The van der Waals surface area contributed by atoms with Gasteiger partial charge in [-0.1, -0.05) is 6.07 Å². The zero-order valence-electron chi connectivity index (χ0n) is 9.40. The predicted octanol–water partition coefficient (Wildman–Crippen LogP) is 2.05. The summed E-state index contributed by atoms with van der Waals surface area (Å²) in [5, 5.41) is 9.07. The van der Waals surface area contributed by atoms with Gasteiger partial charge in [0, 0.05) is 18.3 Å². The van der Waals surface area contributed by atoms with Crippen molar-refractivity contribution in [3.8, 4) is 0 Å². The topological polar surface area (TPSA) is 40.5 Å². The van der Waals surface area contributed by atoms with Gasteiger partial charge in [0.15, 0.2) is 0 Å². The van der Waals surface area contributed by atoms with Crippen molar-refractivity contribution in [1.29, 1.82) is 0 Å². The Morgan fingerprint density at radius 3 is 2.88 bits per heavy atom. The van der Waals surface area contributed by atoms with E-state index in [-0.39, 0.29) is 17.8 Å². The molecule has 3 nitrogen and oxygen atoms in total. The maximum Gasteiger partial charge on any atom is 0.308 e. The molecule has 2 atom stereocenters. The maximum atomic E-state index is 13.2. The summed E-state index contributed by atoms with van der Waals surface area (Å²) >= 11 is 0. The summed E-state index contributed by atoms with van der Waals surface area (Å²) in [5.41, 5.74) is 2.02. The average molecular weight is 235 g/mol. The van der Waals surface area contributed by atoms with Crippen LogP contribution in [0.2, 0.25) is 0 Å². The Labute approximate surface area is 98.9 Å². The molecule has 2 unspecified atom stereocenters. The SMILES string of the molecule is O=C(O)C1CCC1N1CCc2ccc(F)cc21. The Morgan fingerprint density at radius 2 is 2.24 bits per heavy atom. The highest BCUT2D eigenvalue weighted by molar-refractivity contribution is 5.74. The van der Waals surface area contributed by atoms with E-state index in [0.29, 0.717) is 0 Å². The molecule has 90 valence electrons. The smallest absolute Gasteiger partial charge is 0.308 e. The maximum absolute atomic E-state index is 13.2. The summed E-state index contributed by atoms with van der Waals surface area (Å²) in [6, 6.07) is 4.85. The van der Waals surface area contributed by atoms with Crippen LogP contribution in [0.25, 0.3) is 0 Å². The van der Waals surface area contributed by atoms with Gasteiger partial charge in [-0.05, 0) is 37.0 Å². The van der Waals surface area contributed by atoms with E-state index in [1.165, 1.54) is 12.1 Å². The highest BCUT2D eigenvalue weighted by Gasteiger charge is 2.42. The number of carboxylic acids is 1. The summed E-state index contributed by atoms with van der Waals surface area (Å²) in [7, 11) is 0. The normalized spacial score (nSPS) is 26.5. The molecule has 1 aliphatic carbocycles. The zero-order chi connectivity index (χ0) is 12.0. The standard InChI is InChI=1S/C13H14FNO2/c14-9-2-1-8-5-6-15(12(8)7-9)11-4-3-10(11)13(16)17/h1-2,7,10-11H,3-6H2,(H,16,17). The molecule has 1 N–H and O–H groups in total. The number of fused-ring (bicyclic) bond motifs is 1. The van der Waals surface area contributed by atoms with Crippen LogP contribution >= 0.6 is 0 Å². The van der Waals surface area contributed by atoms with Gasteiger partial charge in [-0.15, -0.1) is 0 Å². The van der Waals surface area contributed by atoms with E-state index in [0.717, 1.165) is 37.1 Å². The summed E-state index contributed by atoms with van der Waals surface area (Å²) in [5.74, 6) is -1.27. The lowest BCUT2D eigenvalue weighted by molar-refractivity contribution is -0.145. The van der Waals surface area contributed by atoms with Gasteiger partial charge in [-0.3, -0.25) is 4.79 Å². The fourth-order valence-corrected chi connectivity index (χ4v) is 2.87. The highest BCUT2D eigenvalue weighted by Crippen LogP contribution is 2.39. The van der Waals surface area contributed by atoms with Crippen LogP contribution in [0, 0.1) is 11.7 Å². The number of anilines is 1. The van der Waals surface area contributed by atoms with Crippen LogP contribution in [0.15, 0.2) is 18.2 Å². The van der Waals surface area contributed by atoms with Gasteiger partial charge < -0.3 is 10.0 Å². The van der Waals surface area contributed by atoms with E-state index in [4.69, 9.17) is 5.11 Å². The molecule has 1 aliphatic heterocycles. The highest BCUT2D eigenvalue weighted by atomic mass is 19.1. The molecule has 1 aromatic rings. The first kappa shape index (κ1) is 10.6. The van der Waals surface area contributed by atoms with Crippen molar-refractivity contribution >= 4 is 11.7 Å². The summed E-state index contributed by atoms with van der Waals surface area (Å²) in [6.45, 7) is 0.813.